The molecule has 1 aromatic carbocycles. The Morgan fingerprint density at radius 1 is 1.15 bits per heavy atom. The normalized spacial score (nSPS) is 22.1. The molecule has 1 fully saturated rings. The first-order valence-electron chi connectivity index (χ1n) is 15.6. The number of amidine groups is 1. The highest BCUT2D eigenvalue weighted by molar-refractivity contribution is 6.37. The SMILES string of the molecule is Cc1ccc(F)c(C2=C(C#N)C(=O)C3=C(N4C(C)CN(C(=O)O)CC4C)NC(C(C)(C)C)N(c4c(C)ccnc4C(C)C)C3=N2)c1. The number of hydrogen-bond acceptors (Lipinski definition) is 8. The molecule has 11 heteroatoms. The van der Waals surface area contributed by atoms with Gasteiger partial charge >= 0.3 is 6.09 Å². The number of aromatic nitrogens is 1. The van der Waals surface area contributed by atoms with Crippen molar-refractivity contribution in [3.05, 3.63) is 75.6 Å². The molecule has 5 rings (SSSR count). The summed E-state index contributed by atoms with van der Waals surface area (Å²) in [6.07, 6.45) is 0.290. The molecule has 3 atom stereocenters. The van der Waals surface area contributed by atoms with E-state index in [1.807, 2.05) is 49.6 Å². The number of nitrogens with one attached hydrogen (secondary N) is 1. The van der Waals surface area contributed by atoms with Crippen LogP contribution >= 0.6 is 0 Å². The number of aliphatic imine (C=N–C) groups is 1. The smallest absolute Gasteiger partial charge is 0.407 e. The molecule has 0 saturated carbocycles. The molecule has 3 unspecified atom stereocenters. The third-order valence-electron chi connectivity index (χ3n) is 8.83. The summed E-state index contributed by atoms with van der Waals surface area (Å²) in [4.78, 5) is 41.9. The number of carbonyl (C=O) groups excluding carboxylic acids is 1. The molecule has 242 valence electrons. The molecule has 0 radical (unpaired) electrons. The summed E-state index contributed by atoms with van der Waals surface area (Å²) in [6, 6.07) is 7.89. The molecule has 4 heterocycles. The second kappa shape index (κ2) is 11.9. The van der Waals surface area contributed by atoms with Crippen LogP contribution in [0.4, 0.5) is 14.9 Å². The number of carboxylic acid groups (broad SMARTS) is 1. The lowest BCUT2D eigenvalue weighted by Crippen LogP contribution is -2.66. The van der Waals surface area contributed by atoms with Crippen LogP contribution in [0.3, 0.4) is 0 Å². The van der Waals surface area contributed by atoms with Crippen LogP contribution in [0.2, 0.25) is 0 Å². The monoisotopic (exact) mass is 627 g/mol. The van der Waals surface area contributed by atoms with Crippen LogP contribution in [0.1, 0.15) is 76.8 Å². The molecule has 0 spiro atoms. The lowest BCUT2D eigenvalue weighted by Gasteiger charge is -2.53. The number of carbonyl (C=O) groups is 2. The minimum absolute atomic E-state index is 0.0178. The molecule has 1 saturated heterocycles. The fraction of sp³-hybridized carbons (Fsp3) is 0.457. The van der Waals surface area contributed by atoms with E-state index >= 15 is 4.39 Å². The van der Waals surface area contributed by atoms with Crippen LogP contribution in [0.5, 0.6) is 0 Å². The van der Waals surface area contributed by atoms with E-state index < -0.39 is 29.3 Å². The highest BCUT2D eigenvalue weighted by Crippen LogP contribution is 2.43. The van der Waals surface area contributed by atoms with Gasteiger partial charge in [-0.05, 0) is 57.4 Å². The zero-order chi connectivity index (χ0) is 33.8. The van der Waals surface area contributed by atoms with Crippen molar-refractivity contribution in [1.82, 2.24) is 20.1 Å². The van der Waals surface area contributed by atoms with Crippen LogP contribution in [0.25, 0.3) is 5.70 Å². The number of Topliss-reactive ketones (excluding diaryl/α,β-unsaturated/α-hetero) is 1. The van der Waals surface area contributed by atoms with E-state index in [-0.39, 0.29) is 53.5 Å². The van der Waals surface area contributed by atoms with E-state index in [2.05, 4.69) is 39.9 Å². The lowest BCUT2D eigenvalue weighted by atomic mass is 9.85. The molecular formula is C35H42FN7O3. The summed E-state index contributed by atoms with van der Waals surface area (Å²) in [5, 5.41) is 23.9. The molecule has 0 aliphatic carbocycles. The predicted molar refractivity (Wildman–Crippen MR) is 175 cm³/mol. The molecular weight excluding hydrogens is 585 g/mol. The van der Waals surface area contributed by atoms with E-state index in [1.165, 1.54) is 11.0 Å². The van der Waals surface area contributed by atoms with Crippen LogP contribution in [0, 0.1) is 36.4 Å². The number of allylic oxidation sites excluding steroid dienone is 1. The molecule has 2 N–H and O–H groups in total. The van der Waals surface area contributed by atoms with Crippen molar-refractivity contribution < 1.29 is 19.1 Å². The first-order valence-corrected chi connectivity index (χ1v) is 15.6. The van der Waals surface area contributed by atoms with E-state index in [9.17, 15) is 20.0 Å². The average Bonchev–Trinajstić information content (AvgIpc) is 2.97. The third-order valence-corrected chi connectivity index (χ3v) is 8.83. The Morgan fingerprint density at radius 3 is 2.37 bits per heavy atom. The van der Waals surface area contributed by atoms with Crippen molar-refractivity contribution in [3.8, 4) is 6.07 Å². The Bertz CT molecular complexity index is 1730. The maximum atomic E-state index is 15.5. The van der Waals surface area contributed by atoms with Crippen LogP contribution < -0.4 is 10.2 Å². The number of pyridine rings is 1. The largest absolute Gasteiger partial charge is 0.465 e. The number of nitriles is 1. The van der Waals surface area contributed by atoms with Gasteiger partial charge in [-0.3, -0.25) is 9.78 Å². The fourth-order valence-corrected chi connectivity index (χ4v) is 6.72. The van der Waals surface area contributed by atoms with Gasteiger partial charge < -0.3 is 25.1 Å². The summed E-state index contributed by atoms with van der Waals surface area (Å²) in [5.41, 5.74) is 2.81. The van der Waals surface area contributed by atoms with Gasteiger partial charge in [-0.2, -0.15) is 5.26 Å². The Kier molecular flexibility index (Phi) is 8.45. The summed E-state index contributed by atoms with van der Waals surface area (Å²) in [5.74, 6) is -0.359. The van der Waals surface area contributed by atoms with E-state index in [0.29, 0.717) is 11.7 Å². The molecule has 3 aliphatic heterocycles. The van der Waals surface area contributed by atoms with Gasteiger partial charge in [0.25, 0.3) is 0 Å². The molecule has 10 nitrogen and oxygen atoms in total. The molecule has 46 heavy (non-hydrogen) atoms. The standard InChI is InChI=1S/C35H42FN7O3/c1-18(2)27-29(20(4)12-13-38-27)43-31-26(30(44)24(15-37)28(39-31)23-14-19(3)10-11-25(23)36)32(40-33(43)35(7,8)9)42-21(5)16-41(34(45)46)17-22(42)6/h10-14,18,21-22,33,40H,16-17H2,1-9H3,(H,45,46). The van der Waals surface area contributed by atoms with E-state index in [1.54, 1.807) is 18.3 Å². The first kappa shape index (κ1) is 32.7. The number of fused-ring (bicyclic) bond motifs is 1. The number of amides is 1. The topological polar surface area (TPSA) is 125 Å². The number of benzene rings is 1. The van der Waals surface area contributed by atoms with Gasteiger partial charge in [-0.1, -0.05) is 46.2 Å². The average molecular weight is 628 g/mol. The highest BCUT2D eigenvalue weighted by Gasteiger charge is 2.49. The van der Waals surface area contributed by atoms with Crippen molar-refractivity contribution in [1.29, 1.82) is 5.26 Å². The quantitative estimate of drug-likeness (QED) is 0.427. The zero-order valence-electron chi connectivity index (χ0n) is 27.9. The summed E-state index contributed by atoms with van der Waals surface area (Å²) < 4.78 is 15.5. The molecule has 0 bridgehead atoms. The predicted octanol–water partition coefficient (Wildman–Crippen LogP) is 5.94. The Labute approximate surface area is 269 Å². The van der Waals surface area contributed by atoms with Gasteiger partial charge in [0.1, 0.15) is 35.0 Å². The minimum Gasteiger partial charge on any atom is -0.465 e. The fourth-order valence-electron chi connectivity index (χ4n) is 6.72. The van der Waals surface area contributed by atoms with Crippen molar-refractivity contribution >= 4 is 29.1 Å². The summed E-state index contributed by atoms with van der Waals surface area (Å²) in [6.45, 7) is 18.4. The van der Waals surface area contributed by atoms with E-state index in [4.69, 9.17) is 9.98 Å². The molecule has 2 aromatic rings. The highest BCUT2D eigenvalue weighted by atomic mass is 19.1. The molecule has 1 aromatic heterocycles. The number of hydrogen-bond donors (Lipinski definition) is 2. The van der Waals surface area contributed by atoms with Gasteiger partial charge in [-0.25, -0.2) is 14.2 Å². The van der Waals surface area contributed by atoms with Crippen LogP contribution in [-0.4, -0.2) is 68.9 Å². The maximum Gasteiger partial charge on any atom is 0.407 e. The number of rotatable bonds is 4. The van der Waals surface area contributed by atoms with Gasteiger partial charge in [-0.15, -0.1) is 0 Å². The summed E-state index contributed by atoms with van der Waals surface area (Å²) >= 11 is 0. The Hall–Kier alpha value is -4.72. The van der Waals surface area contributed by atoms with Crippen LogP contribution in [0.15, 0.2) is 52.4 Å². The third kappa shape index (κ3) is 5.50. The van der Waals surface area contributed by atoms with Gasteiger partial charge in [0, 0.05) is 42.3 Å². The Balaban J connectivity index is 1.88. The number of piperazine rings is 1. The Morgan fingerprint density at radius 2 is 1.80 bits per heavy atom. The number of aryl methyl sites for hydroxylation is 2. The van der Waals surface area contributed by atoms with Crippen molar-refractivity contribution in [2.75, 3.05) is 18.0 Å². The first-order chi connectivity index (χ1) is 21.6. The second-order valence-corrected chi connectivity index (χ2v) is 13.9. The zero-order valence-corrected chi connectivity index (χ0v) is 27.9. The summed E-state index contributed by atoms with van der Waals surface area (Å²) in [7, 11) is 0. The number of anilines is 1. The van der Waals surface area contributed by atoms with Crippen LogP contribution in [-0.2, 0) is 4.79 Å². The number of ketones is 1. The lowest BCUT2D eigenvalue weighted by molar-refractivity contribution is -0.111. The van der Waals surface area contributed by atoms with E-state index in [0.717, 1.165) is 22.5 Å². The van der Waals surface area contributed by atoms with Crippen molar-refractivity contribution in [2.45, 2.75) is 86.5 Å². The van der Waals surface area contributed by atoms with Crippen molar-refractivity contribution in [2.24, 2.45) is 10.4 Å². The minimum atomic E-state index is -1.00. The number of nitrogens with zero attached hydrogens (tertiary/aromatic N) is 6. The number of halogens is 1. The second-order valence-electron chi connectivity index (χ2n) is 13.9. The van der Waals surface area contributed by atoms with Gasteiger partial charge in [0.15, 0.2) is 5.84 Å². The molecule has 1 amide bonds. The van der Waals surface area contributed by atoms with Gasteiger partial charge in [0.2, 0.25) is 5.78 Å². The molecule has 3 aliphatic rings. The maximum absolute atomic E-state index is 15.5. The van der Waals surface area contributed by atoms with Gasteiger partial charge in [0.05, 0.1) is 17.1 Å². The van der Waals surface area contributed by atoms with Crippen molar-refractivity contribution in [3.63, 3.8) is 0 Å².